The minimum absolute atomic E-state index is 0.0688. The molecule has 2 saturated heterocycles. The number of piperidine rings is 1. The Bertz CT molecular complexity index is 722. The van der Waals surface area contributed by atoms with Gasteiger partial charge in [0.1, 0.15) is 0 Å². The summed E-state index contributed by atoms with van der Waals surface area (Å²) in [6.07, 6.45) is 3.68. The van der Waals surface area contributed by atoms with Gasteiger partial charge in [-0.1, -0.05) is 29.8 Å². The lowest BCUT2D eigenvalue weighted by molar-refractivity contribution is -0.148. The zero-order chi connectivity index (χ0) is 15.6. The number of amides is 3. The Balaban J connectivity index is 1.78. The third-order valence-corrected chi connectivity index (χ3v) is 5.04. The maximum Gasteiger partial charge on any atom is 0.240 e. The molecule has 1 aliphatic carbocycles. The van der Waals surface area contributed by atoms with Crippen LogP contribution >= 0.6 is 0 Å². The number of carbonyl (C=O) groups excluding carboxylic acids is 3. The Morgan fingerprint density at radius 3 is 2.18 bits per heavy atom. The number of anilines is 1. The summed E-state index contributed by atoms with van der Waals surface area (Å²) >= 11 is 0. The lowest BCUT2D eigenvalue weighted by Crippen LogP contribution is -2.57. The molecule has 4 aliphatic rings. The summed E-state index contributed by atoms with van der Waals surface area (Å²) in [5.41, 5.74) is 1.65. The fourth-order valence-corrected chi connectivity index (χ4v) is 3.86. The molecule has 1 aromatic carbocycles. The normalized spacial score (nSPS) is 32.9. The minimum Gasteiger partial charge on any atom is -0.338 e. The zero-order valence-electron chi connectivity index (χ0n) is 12.4. The van der Waals surface area contributed by atoms with Gasteiger partial charge >= 0.3 is 0 Å². The SMILES string of the molecule is Cc1ccc(N2C(=O)C3C4C=CC(C3C2=O)N(C)C4=O)cc1. The molecule has 112 valence electrons. The minimum atomic E-state index is -0.549. The van der Waals surface area contributed by atoms with E-state index >= 15 is 0 Å². The average Bonchev–Trinajstić information content (AvgIpc) is 2.78. The summed E-state index contributed by atoms with van der Waals surface area (Å²) in [7, 11) is 1.70. The van der Waals surface area contributed by atoms with E-state index < -0.39 is 17.8 Å². The third-order valence-electron chi connectivity index (χ3n) is 5.04. The summed E-state index contributed by atoms with van der Waals surface area (Å²) < 4.78 is 0. The number of aryl methyl sites for hydroxylation is 1. The summed E-state index contributed by atoms with van der Waals surface area (Å²) in [5.74, 6) is -2.02. The first kappa shape index (κ1) is 13.2. The van der Waals surface area contributed by atoms with Crippen LogP contribution in [0.4, 0.5) is 5.69 Å². The van der Waals surface area contributed by atoms with Gasteiger partial charge in [-0.25, -0.2) is 4.90 Å². The van der Waals surface area contributed by atoms with Gasteiger partial charge in [0, 0.05) is 7.05 Å². The van der Waals surface area contributed by atoms with Crippen LogP contribution < -0.4 is 4.90 Å². The summed E-state index contributed by atoms with van der Waals surface area (Å²) in [5, 5.41) is 0. The lowest BCUT2D eigenvalue weighted by Gasteiger charge is -2.44. The Morgan fingerprint density at radius 2 is 1.50 bits per heavy atom. The largest absolute Gasteiger partial charge is 0.338 e. The van der Waals surface area contributed by atoms with E-state index in [1.165, 1.54) is 4.90 Å². The van der Waals surface area contributed by atoms with Crippen molar-refractivity contribution in [3.8, 4) is 0 Å². The van der Waals surface area contributed by atoms with E-state index in [-0.39, 0.29) is 23.8 Å². The van der Waals surface area contributed by atoms with E-state index in [0.717, 1.165) is 5.56 Å². The highest BCUT2D eigenvalue weighted by Crippen LogP contribution is 2.46. The summed E-state index contributed by atoms with van der Waals surface area (Å²) in [6.45, 7) is 1.95. The van der Waals surface area contributed by atoms with Crippen molar-refractivity contribution in [1.82, 2.24) is 4.90 Å². The Morgan fingerprint density at radius 1 is 0.864 bits per heavy atom. The highest BCUT2D eigenvalue weighted by molar-refractivity contribution is 6.24. The van der Waals surface area contributed by atoms with Crippen molar-refractivity contribution in [3.63, 3.8) is 0 Å². The molecule has 0 saturated carbocycles. The first-order valence-electron chi connectivity index (χ1n) is 7.40. The predicted molar refractivity (Wildman–Crippen MR) is 79.8 cm³/mol. The molecule has 3 amide bonds. The summed E-state index contributed by atoms with van der Waals surface area (Å²) in [4.78, 5) is 40.7. The van der Waals surface area contributed by atoms with Crippen LogP contribution in [0.25, 0.3) is 0 Å². The maximum absolute atomic E-state index is 12.8. The third kappa shape index (κ3) is 1.51. The van der Waals surface area contributed by atoms with E-state index in [1.54, 1.807) is 30.2 Å². The molecular formula is C17H16N2O3. The molecule has 0 aromatic heterocycles. The van der Waals surface area contributed by atoms with E-state index in [9.17, 15) is 14.4 Å². The molecule has 4 atom stereocenters. The van der Waals surface area contributed by atoms with Crippen molar-refractivity contribution in [1.29, 1.82) is 0 Å². The van der Waals surface area contributed by atoms with E-state index in [0.29, 0.717) is 5.69 Å². The highest BCUT2D eigenvalue weighted by Gasteiger charge is 2.61. The van der Waals surface area contributed by atoms with Gasteiger partial charge in [0.2, 0.25) is 17.7 Å². The second-order valence-corrected chi connectivity index (χ2v) is 6.25. The van der Waals surface area contributed by atoms with Crippen LogP contribution in [-0.2, 0) is 14.4 Å². The molecule has 2 fully saturated rings. The number of imide groups is 1. The molecule has 4 unspecified atom stereocenters. The first-order chi connectivity index (χ1) is 10.5. The molecule has 3 heterocycles. The molecule has 5 nitrogen and oxygen atoms in total. The van der Waals surface area contributed by atoms with E-state index in [4.69, 9.17) is 0 Å². The molecule has 0 radical (unpaired) electrons. The van der Waals surface area contributed by atoms with Crippen LogP contribution in [0.1, 0.15) is 5.56 Å². The van der Waals surface area contributed by atoms with Crippen molar-refractivity contribution in [2.75, 3.05) is 11.9 Å². The van der Waals surface area contributed by atoms with E-state index in [1.807, 2.05) is 25.1 Å². The number of rotatable bonds is 1. The Labute approximate surface area is 128 Å². The standard InChI is InChI=1S/C17H16N2O3/c1-9-3-5-10(6-4-9)19-16(21)13-11-7-8-12(14(13)17(19)22)18(2)15(11)20/h3-8,11-14H,1-2H3. The summed E-state index contributed by atoms with van der Waals surface area (Å²) in [6, 6.07) is 7.01. The topological polar surface area (TPSA) is 57.7 Å². The average molecular weight is 296 g/mol. The highest BCUT2D eigenvalue weighted by atomic mass is 16.2. The van der Waals surface area contributed by atoms with Gasteiger partial charge in [-0.15, -0.1) is 0 Å². The van der Waals surface area contributed by atoms with E-state index in [2.05, 4.69) is 0 Å². The van der Waals surface area contributed by atoms with Gasteiger partial charge in [0.05, 0.1) is 29.5 Å². The van der Waals surface area contributed by atoms with Crippen LogP contribution in [0.2, 0.25) is 0 Å². The second-order valence-electron chi connectivity index (χ2n) is 6.25. The van der Waals surface area contributed by atoms with Gasteiger partial charge in [0.25, 0.3) is 0 Å². The molecule has 3 aliphatic heterocycles. The van der Waals surface area contributed by atoms with Crippen molar-refractivity contribution in [3.05, 3.63) is 42.0 Å². The van der Waals surface area contributed by atoms with Crippen molar-refractivity contribution >= 4 is 23.4 Å². The molecule has 0 spiro atoms. The lowest BCUT2D eigenvalue weighted by atomic mass is 9.70. The first-order valence-corrected chi connectivity index (χ1v) is 7.40. The Kier molecular flexibility index (Phi) is 2.58. The van der Waals surface area contributed by atoms with Crippen LogP contribution in [-0.4, -0.2) is 35.7 Å². The molecule has 5 rings (SSSR count). The fourth-order valence-electron chi connectivity index (χ4n) is 3.86. The van der Waals surface area contributed by atoms with Crippen LogP contribution in [0, 0.1) is 24.7 Å². The number of carbonyl (C=O) groups is 3. The molecule has 1 aromatic rings. The maximum atomic E-state index is 12.8. The van der Waals surface area contributed by atoms with Crippen LogP contribution in [0.3, 0.4) is 0 Å². The molecule has 2 bridgehead atoms. The van der Waals surface area contributed by atoms with Gasteiger partial charge in [-0.2, -0.15) is 0 Å². The number of nitrogens with zero attached hydrogens (tertiary/aromatic N) is 2. The van der Waals surface area contributed by atoms with Crippen molar-refractivity contribution < 1.29 is 14.4 Å². The zero-order valence-corrected chi connectivity index (χ0v) is 12.4. The fraction of sp³-hybridized carbons (Fsp3) is 0.353. The number of fused-ring (bicyclic) bond motifs is 1. The van der Waals surface area contributed by atoms with Crippen LogP contribution in [0.15, 0.2) is 36.4 Å². The quantitative estimate of drug-likeness (QED) is 0.576. The number of likely N-dealkylation sites (N-methyl/N-ethyl adjacent to an activating group) is 1. The van der Waals surface area contributed by atoms with Gasteiger partial charge in [0.15, 0.2) is 0 Å². The number of hydrogen-bond donors (Lipinski definition) is 0. The number of benzene rings is 1. The second kappa shape index (κ2) is 4.29. The predicted octanol–water partition coefficient (Wildman–Crippen LogP) is 1.13. The smallest absolute Gasteiger partial charge is 0.240 e. The Hall–Kier alpha value is -2.43. The monoisotopic (exact) mass is 296 g/mol. The van der Waals surface area contributed by atoms with Crippen molar-refractivity contribution in [2.45, 2.75) is 13.0 Å². The number of hydrogen-bond acceptors (Lipinski definition) is 3. The van der Waals surface area contributed by atoms with Gasteiger partial charge < -0.3 is 4.90 Å². The van der Waals surface area contributed by atoms with Gasteiger partial charge in [-0.05, 0) is 19.1 Å². The molecule has 22 heavy (non-hydrogen) atoms. The molecule has 5 heteroatoms. The van der Waals surface area contributed by atoms with Gasteiger partial charge in [-0.3, -0.25) is 14.4 Å². The van der Waals surface area contributed by atoms with Crippen LogP contribution in [0.5, 0.6) is 0 Å². The van der Waals surface area contributed by atoms with Crippen molar-refractivity contribution in [2.24, 2.45) is 17.8 Å². The molecule has 0 N–H and O–H groups in total. The molecular weight excluding hydrogens is 280 g/mol.